The molecule has 18 heavy (non-hydrogen) atoms. The number of ether oxygens (including phenoxy) is 2. The van der Waals surface area contributed by atoms with Gasteiger partial charge in [-0.1, -0.05) is 6.58 Å². The maximum Gasteiger partial charge on any atom is 0.330 e. The first-order chi connectivity index (χ1) is 8.17. The lowest BCUT2D eigenvalue weighted by atomic mass is 10.1. The van der Waals surface area contributed by atoms with Crippen LogP contribution in [0.5, 0.6) is 0 Å². The van der Waals surface area contributed by atoms with Crippen LogP contribution in [-0.2, 0) is 29.2 Å². The first kappa shape index (κ1) is 16.6. The molecule has 7 nitrogen and oxygen atoms in total. The van der Waals surface area contributed by atoms with E-state index in [0.717, 1.165) is 6.08 Å². The summed E-state index contributed by atoms with van der Waals surface area (Å²) in [5.74, 6) is -2.81. The lowest BCUT2D eigenvalue weighted by Crippen LogP contribution is -2.30. The molecule has 0 aromatic rings. The quantitative estimate of drug-likeness (QED) is 0.402. The molecule has 0 aromatic heterocycles. The highest BCUT2D eigenvalue weighted by Crippen LogP contribution is 2.09. The van der Waals surface area contributed by atoms with Crippen molar-refractivity contribution in [2.24, 2.45) is 5.92 Å². The Kier molecular flexibility index (Phi) is 6.56. The molecule has 0 aliphatic heterocycles. The zero-order valence-corrected chi connectivity index (χ0v) is 11.0. The minimum Gasteiger partial charge on any atom is -0.464 e. The second kappa shape index (κ2) is 7.12. The van der Waals surface area contributed by atoms with Gasteiger partial charge in [-0.15, -0.1) is 0 Å². The van der Waals surface area contributed by atoms with E-state index in [4.69, 9.17) is 9.29 Å². The normalized spacial score (nSPS) is 14.4. The fourth-order valence-electron chi connectivity index (χ4n) is 0.904. The van der Waals surface area contributed by atoms with Crippen molar-refractivity contribution in [1.82, 2.24) is 0 Å². The molecule has 0 fully saturated rings. The second-order valence-corrected chi connectivity index (χ2v) is 5.16. The van der Waals surface area contributed by atoms with Crippen molar-refractivity contribution in [2.45, 2.75) is 20.0 Å². The molecule has 2 unspecified atom stereocenters. The van der Waals surface area contributed by atoms with Crippen LogP contribution >= 0.6 is 0 Å². The Morgan fingerprint density at radius 3 is 2.39 bits per heavy atom. The summed E-state index contributed by atoms with van der Waals surface area (Å²) in [6, 6.07) is 0. The summed E-state index contributed by atoms with van der Waals surface area (Å²) in [6.45, 7) is 5.72. The van der Waals surface area contributed by atoms with E-state index >= 15 is 0 Å². The molecule has 104 valence electrons. The topological polar surface area (TPSA) is 107 Å². The highest BCUT2D eigenvalue weighted by atomic mass is 32.2. The van der Waals surface area contributed by atoms with E-state index in [9.17, 15) is 18.0 Å². The Morgan fingerprint density at radius 2 is 1.94 bits per heavy atom. The van der Waals surface area contributed by atoms with Crippen molar-refractivity contribution in [3.05, 3.63) is 12.7 Å². The van der Waals surface area contributed by atoms with Gasteiger partial charge in [0.15, 0.2) is 0 Å². The van der Waals surface area contributed by atoms with Gasteiger partial charge in [0.05, 0.1) is 5.92 Å². The van der Waals surface area contributed by atoms with E-state index in [1.807, 2.05) is 0 Å². The van der Waals surface area contributed by atoms with Gasteiger partial charge >= 0.3 is 11.9 Å². The highest BCUT2D eigenvalue weighted by Gasteiger charge is 2.24. The molecule has 0 heterocycles. The molecular weight excluding hydrogens is 264 g/mol. The zero-order chi connectivity index (χ0) is 14.3. The van der Waals surface area contributed by atoms with Gasteiger partial charge in [0.25, 0.3) is 10.1 Å². The lowest BCUT2D eigenvalue weighted by Gasteiger charge is -2.18. The van der Waals surface area contributed by atoms with Gasteiger partial charge in [-0.2, -0.15) is 8.42 Å². The van der Waals surface area contributed by atoms with E-state index < -0.39 is 46.4 Å². The standard InChI is InChI=1S/C10H16O7S/c1-4-9(11)17-8(3)7(2)10(12)16-5-6-18(13,14)15/h4,7-8H,1,5-6H2,2-3H3,(H,13,14,15). The van der Waals surface area contributed by atoms with Gasteiger partial charge in [-0.25, -0.2) is 4.79 Å². The van der Waals surface area contributed by atoms with Gasteiger partial charge in [0, 0.05) is 6.08 Å². The van der Waals surface area contributed by atoms with Crippen LogP contribution in [0.25, 0.3) is 0 Å². The SMILES string of the molecule is C=CC(=O)OC(C)C(C)C(=O)OCCS(=O)(=O)O. The summed E-state index contributed by atoms with van der Waals surface area (Å²) >= 11 is 0. The minimum atomic E-state index is -4.16. The summed E-state index contributed by atoms with van der Waals surface area (Å²) < 4.78 is 38.6. The Morgan fingerprint density at radius 1 is 1.39 bits per heavy atom. The number of hydrogen-bond donors (Lipinski definition) is 1. The van der Waals surface area contributed by atoms with Gasteiger partial charge in [0.1, 0.15) is 18.5 Å². The Hall–Kier alpha value is -1.41. The average molecular weight is 280 g/mol. The summed E-state index contributed by atoms with van der Waals surface area (Å²) in [4.78, 5) is 22.3. The van der Waals surface area contributed by atoms with Crippen LogP contribution in [0.1, 0.15) is 13.8 Å². The van der Waals surface area contributed by atoms with Crippen LogP contribution in [0.3, 0.4) is 0 Å². The Labute approximate surface area is 106 Å². The fraction of sp³-hybridized carbons (Fsp3) is 0.600. The smallest absolute Gasteiger partial charge is 0.330 e. The maximum absolute atomic E-state index is 11.4. The molecule has 0 rings (SSSR count). The molecule has 8 heteroatoms. The molecule has 0 saturated carbocycles. The summed E-state index contributed by atoms with van der Waals surface area (Å²) in [5.41, 5.74) is 0. The van der Waals surface area contributed by atoms with Crippen molar-refractivity contribution in [2.75, 3.05) is 12.4 Å². The van der Waals surface area contributed by atoms with E-state index in [-0.39, 0.29) is 0 Å². The van der Waals surface area contributed by atoms with Crippen molar-refractivity contribution < 1.29 is 32.0 Å². The van der Waals surface area contributed by atoms with E-state index in [0.29, 0.717) is 0 Å². The molecular formula is C10H16O7S. The lowest BCUT2D eigenvalue weighted by molar-refractivity contribution is -0.156. The first-order valence-electron chi connectivity index (χ1n) is 5.12. The maximum atomic E-state index is 11.4. The van der Waals surface area contributed by atoms with Crippen LogP contribution in [-0.4, -0.2) is 43.4 Å². The third kappa shape index (κ3) is 7.02. The number of hydrogen-bond acceptors (Lipinski definition) is 6. The van der Waals surface area contributed by atoms with Crippen LogP contribution in [0, 0.1) is 5.92 Å². The molecule has 0 spiro atoms. The molecule has 0 amide bonds. The highest BCUT2D eigenvalue weighted by molar-refractivity contribution is 7.85. The van der Waals surface area contributed by atoms with Gasteiger partial charge in [0.2, 0.25) is 0 Å². The fourth-order valence-corrected chi connectivity index (χ4v) is 1.20. The van der Waals surface area contributed by atoms with Crippen LogP contribution in [0.15, 0.2) is 12.7 Å². The predicted molar refractivity (Wildman–Crippen MR) is 62.3 cm³/mol. The Bertz CT molecular complexity index is 412. The number of esters is 2. The molecule has 0 aliphatic rings. The van der Waals surface area contributed by atoms with Crippen LogP contribution in [0.4, 0.5) is 0 Å². The number of rotatable bonds is 7. The van der Waals surface area contributed by atoms with Crippen molar-refractivity contribution in [3.63, 3.8) is 0 Å². The van der Waals surface area contributed by atoms with E-state index in [2.05, 4.69) is 11.3 Å². The minimum absolute atomic E-state index is 0.454. The molecule has 0 bridgehead atoms. The molecule has 0 saturated heterocycles. The first-order valence-corrected chi connectivity index (χ1v) is 6.73. The van der Waals surface area contributed by atoms with Gasteiger partial charge < -0.3 is 9.47 Å². The third-order valence-electron chi connectivity index (χ3n) is 2.13. The molecule has 2 atom stereocenters. The molecule has 0 aromatic carbocycles. The Balaban J connectivity index is 4.17. The number of carbonyl (C=O) groups is 2. The van der Waals surface area contributed by atoms with Crippen LogP contribution in [0.2, 0.25) is 0 Å². The summed E-state index contributed by atoms with van der Waals surface area (Å²) in [7, 11) is -4.16. The summed E-state index contributed by atoms with van der Waals surface area (Å²) in [5, 5.41) is 0. The molecule has 0 aliphatic carbocycles. The molecule has 0 radical (unpaired) electrons. The predicted octanol–water partition coefficient (Wildman–Crippen LogP) is 0.171. The van der Waals surface area contributed by atoms with Crippen molar-refractivity contribution >= 4 is 22.1 Å². The van der Waals surface area contributed by atoms with E-state index in [1.165, 1.54) is 13.8 Å². The summed E-state index contributed by atoms with van der Waals surface area (Å²) in [6.07, 6.45) is 0.237. The number of carbonyl (C=O) groups excluding carboxylic acids is 2. The van der Waals surface area contributed by atoms with E-state index in [1.54, 1.807) is 0 Å². The van der Waals surface area contributed by atoms with Gasteiger partial charge in [-0.3, -0.25) is 9.35 Å². The second-order valence-electron chi connectivity index (χ2n) is 3.59. The molecule has 1 N–H and O–H groups in total. The van der Waals surface area contributed by atoms with Crippen LogP contribution < -0.4 is 0 Å². The monoisotopic (exact) mass is 280 g/mol. The van der Waals surface area contributed by atoms with Crippen molar-refractivity contribution in [3.8, 4) is 0 Å². The average Bonchev–Trinajstić information content (AvgIpc) is 2.25. The third-order valence-corrected chi connectivity index (χ3v) is 2.81. The largest absolute Gasteiger partial charge is 0.464 e. The van der Waals surface area contributed by atoms with Gasteiger partial charge in [-0.05, 0) is 13.8 Å². The van der Waals surface area contributed by atoms with Crippen molar-refractivity contribution in [1.29, 1.82) is 0 Å². The zero-order valence-electron chi connectivity index (χ0n) is 10.2.